The number of aliphatic carboxylic acids is 1. The van der Waals surface area contributed by atoms with Gasteiger partial charge < -0.3 is 21.7 Å². The molecule has 0 amide bonds. The molecule has 1 atom stereocenters. The number of nitrogens with two attached hydrogens (primary N) is 2. The van der Waals surface area contributed by atoms with E-state index in [1.54, 1.807) is 0 Å². The number of rotatable bonds is 7. The van der Waals surface area contributed by atoms with Gasteiger partial charge in [-0.1, -0.05) is 6.42 Å². The lowest BCUT2D eigenvalue weighted by Crippen LogP contribution is -2.39. The molecule has 0 aliphatic carbocycles. The summed E-state index contributed by atoms with van der Waals surface area (Å²) in [4.78, 5) is 13.4. The predicted molar refractivity (Wildman–Crippen MR) is 50.8 cm³/mol. The van der Waals surface area contributed by atoms with Gasteiger partial charge in [-0.2, -0.15) is 0 Å². The number of aliphatic imine (C=N–C) groups is 1. The molecule has 0 rings (SSSR count). The van der Waals surface area contributed by atoms with Gasteiger partial charge in [0.15, 0.2) is 0 Å². The number of hydrogen-bond donors (Lipinski definition) is 3. The van der Waals surface area contributed by atoms with E-state index in [0.717, 1.165) is 12.8 Å². The number of unbranched alkanes of at least 4 members (excludes halogenated alkanes) is 1. The van der Waals surface area contributed by atoms with Crippen LogP contribution in [0.25, 0.3) is 0 Å². The molecule has 0 aromatic carbocycles. The highest BCUT2D eigenvalue weighted by Gasteiger charge is 2.02. The first kappa shape index (κ1) is 12.9. The number of hydrogen-bond acceptors (Lipinski definition) is 5. The van der Waals surface area contributed by atoms with Crippen LogP contribution in [0.5, 0.6) is 0 Å². The molecule has 6 nitrogen and oxygen atoms in total. The quantitative estimate of drug-likeness (QED) is 0.257. The molecule has 0 aliphatic heterocycles. The van der Waals surface area contributed by atoms with Crippen molar-refractivity contribution >= 4 is 11.9 Å². The smallest absolute Gasteiger partial charge is 0.325 e. The van der Waals surface area contributed by atoms with Crippen LogP contribution in [0.4, 0.5) is 0 Å². The summed E-state index contributed by atoms with van der Waals surface area (Å²) < 4.78 is 0. The Morgan fingerprint density at radius 3 is 2.64 bits per heavy atom. The fraction of sp³-hybridized carbons (Fsp3) is 0.750. The Kier molecular flexibility index (Phi) is 6.69. The summed E-state index contributed by atoms with van der Waals surface area (Å²) in [7, 11) is 0. The minimum Gasteiger partial charge on any atom is -0.861 e. The minimum atomic E-state index is -1.13. The van der Waals surface area contributed by atoms with Crippen LogP contribution in [0.1, 0.15) is 19.3 Å². The Morgan fingerprint density at radius 2 is 2.14 bits per heavy atom. The van der Waals surface area contributed by atoms with Crippen molar-refractivity contribution in [3.8, 4) is 0 Å². The summed E-state index contributed by atoms with van der Waals surface area (Å²) in [6.45, 7) is 0.0522. The van der Waals surface area contributed by atoms with Gasteiger partial charge in [0.25, 0.3) is 0 Å². The monoisotopic (exact) mass is 202 g/mol. The molecule has 0 spiro atoms. The Hall–Kier alpha value is -1.14. The minimum absolute atomic E-state index is 0.499. The molecule has 0 heterocycles. The third-order valence-corrected chi connectivity index (χ3v) is 1.66. The SMILES string of the molecule is NCCCC[C@H](N)C([O-])=NCC(=O)O. The average molecular weight is 202 g/mol. The molecule has 82 valence electrons. The zero-order chi connectivity index (χ0) is 11.0. The van der Waals surface area contributed by atoms with Crippen LogP contribution in [0.3, 0.4) is 0 Å². The van der Waals surface area contributed by atoms with Crippen molar-refractivity contribution in [3.05, 3.63) is 0 Å². The van der Waals surface area contributed by atoms with E-state index in [-0.39, 0.29) is 0 Å². The van der Waals surface area contributed by atoms with E-state index in [9.17, 15) is 9.90 Å². The van der Waals surface area contributed by atoms with Gasteiger partial charge in [-0.3, -0.25) is 9.79 Å². The summed E-state index contributed by atoms with van der Waals surface area (Å²) >= 11 is 0. The summed E-state index contributed by atoms with van der Waals surface area (Å²) in [6, 6.07) is -0.694. The largest absolute Gasteiger partial charge is 0.861 e. The van der Waals surface area contributed by atoms with Crippen molar-refractivity contribution in [2.24, 2.45) is 16.5 Å². The highest BCUT2D eigenvalue weighted by Crippen LogP contribution is 1.97. The molecular weight excluding hydrogens is 186 g/mol. The van der Waals surface area contributed by atoms with E-state index >= 15 is 0 Å². The molecule has 0 fully saturated rings. The van der Waals surface area contributed by atoms with Crippen LogP contribution in [0.2, 0.25) is 0 Å². The molecule has 0 unspecified atom stereocenters. The lowest BCUT2D eigenvalue weighted by atomic mass is 10.1. The van der Waals surface area contributed by atoms with Gasteiger partial charge in [0, 0.05) is 6.04 Å². The zero-order valence-corrected chi connectivity index (χ0v) is 7.98. The van der Waals surface area contributed by atoms with Crippen LogP contribution < -0.4 is 16.6 Å². The Bertz CT molecular complexity index is 206. The Balaban J connectivity index is 3.79. The van der Waals surface area contributed by atoms with E-state index in [1.807, 2.05) is 0 Å². The molecule has 0 saturated carbocycles. The van der Waals surface area contributed by atoms with Crippen molar-refractivity contribution in [2.45, 2.75) is 25.3 Å². The molecular formula is C8H16N3O3-. The summed E-state index contributed by atoms with van der Waals surface area (Å²) in [5.74, 6) is -1.68. The summed E-state index contributed by atoms with van der Waals surface area (Å²) in [6.07, 6.45) is 2.06. The maximum atomic E-state index is 11.1. The van der Waals surface area contributed by atoms with E-state index in [0.29, 0.717) is 13.0 Å². The number of carboxylic acid groups (broad SMARTS) is 1. The van der Waals surface area contributed by atoms with E-state index in [4.69, 9.17) is 16.6 Å². The van der Waals surface area contributed by atoms with E-state index in [2.05, 4.69) is 4.99 Å². The van der Waals surface area contributed by atoms with Gasteiger partial charge in [0.1, 0.15) is 6.54 Å². The van der Waals surface area contributed by atoms with Gasteiger partial charge in [0.2, 0.25) is 0 Å². The van der Waals surface area contributed by atoms with E-state index < -0.39 is 24.5 Å². The van der Waals surface area contributed by atoms with Crippen molar-refractivity contribution in [2.75, 3.05) is 13.1 Å². The van der Waals surface area contributed by atoms with Gasteiger partial charge in [-0.15, -0.1) is 0 Å². The maximum Gasteiger partial charge on any atom is 0.325 e. The Labute approximate surface area is 82.6 Å². The molecule has 14 heavy (non-hydrogen) atoms. The first-order chi connectivity index (χ1) is 6.57. The molecule has 0 bridgehead atoms. The zero-order valence-electron chi connectivity index (χ0n) is 7.98. The van der Waals surface area contributed by atoms with Crippen molar-refractivity contribution in [1.29, 1.82) is 0 Å². The predicted octanol–water partition coefficient (Wildman–Crippen LogP) is -1.71. The lowest BCUT2D eigenvalue weighted by Gasteiger charge is -2.18. The Morgan fingerprint density at radius 1 is 1.50 bits per heavy atom. The molecule has 0 aromatic heterocycles. The third-order valence-electron chi connectivity index (χ3n) is 1.66. The van der Waals surface area contributed by atoms with Crippen LogP contribution in [0, 0.1) is 0 Å². The average Bonchev–Trinajstić information content (AvgIpc) is 2.14. The van der Waals surface area contributed by atoms with Crippen LogP contribution in [0.15, 0.2) is 4.99 Å². The fourth-order valence-electron chi connectivity index (χ4n) is 0.895. The fourth-order valence-corrected chi connectivity index (χ4v) is 0.895. The maximum absolute atomic E-state index is 11.1. The first-order valence-corrected chi connectivity index (χ1v) is 4.46. The number of carboxylic acids is 1. The van der Waals surface area contributed by atoms with Crippen molar-refractivity contribution in [1.82, 2.24) is 0 Å². The molecule has 5 N–H and O–H groups in total. The van der Waals surface area contributed by atoms with Crippen LogP contribution in [-0.2, 0) is 4.79 Å². The second-order valence-corrected chi connectivity index (χ2v) is 2.94. The van der Waals surface area contributed by atoms with Crippen LogP contribution in [-0.4, -0.2) is 36.1 Å². The molecule has 0 aromatic rings. The number of carbonyl (C=O) groups is 1. The molecule has 0 radical (unpaired) electrons. The summed E-state index contributed by atoms with van der Waals surface area (Å²) in [5.41, 5.74) is 10.7. The lowest BCUT2D eigenvalue weighted by molar-refractivity contribution is -0.221. The van der Waals surface area contributed by atoms with Gasteiger partial charge in [-0.05, 0) is 25.3 Å². The standard InChI is InChI=1S/C8H17N3O3/c9-4-2-1-3-6(10)8(14)11-5-7(12)13/h6H,1-5,9-10H2,(H,11,14)(H,12,13)/p-1/t6-/m0/s1. The topological polar surface area (TPSA) is 125 Å². The highest BCUT2D eigenvalue weighted by atomic mass is 16.4. The number of nitrogens with zero attached hydrogens (tertiary/aromatic N) is 1. The van der Waals surface area contributed by atoms with Crippen molar-refractivity contribution < 1.29 is 15.0 Å². The third kappa shape index (κ3) is 6.38. The molecule has 6 heteroatoms. The highest BCUT2D eigenvalue weighted by molar-refractivity contribution is 5.80. The molecule has 0 saturated heterocycles. The van der Waals surface area contributed by atoms with Crippen LogP contribution >= 0.6 is 0 Å². The van der Waals surface area contributed by atoms with Gasteiger partial charge in [-0.25, -0.2) is 0 Å². The first-order valence-electron chi connectivity index (χ1n) is 4.46. The van der Waals surface area contributed by atoms with Gasteiger partial charge >= 0.3 is 5.97 Å². The molecule has 0 aliphatic rings. The second kappa shape index (κ2) is 7.28. The van der Waals surface area contributed by atoms with E-state index in [1.165, 1.54) is 0 Å². The van der Waals surface area contributed by atoms with Crippen molar-refractivity contribution in [3.63, 3.8) is 0 Å². The normalized spacial score (nSPS) is 14.0. The summed E-state index contributed by atoms with van der Waals surface area (Å²) in [5, 5.41) is 19.3. The van der Waals surface area contributed by atoms with Gasteiger partial charge in [0.05, 0.1) is 0 Å². The second-order valence-electron chi connectivity index (χ2n) is 2.94.